The molecule has 2 N–H and O–H groups in total. The lowest BCUT2D eigenvalue weighted by molar-refractivity contribution is -0.118. The first-order valence-corrected chi connectivity index (χ1v) is 9.68. The molecule has 0 saturated carbocycles. The van der Waals surface area contributed by atoms with Gasteiger partial charge < -0.3 is 20.1 Å². The topological polar surface area (TPSA) is 76.7 Å². The third kappa shape index (κ3) is 5.61. The highest BCUT2D eigenvalue weighted by Crippen LogP contribution is 2.26. The normalized spacial score (nSPS) is 10.2. The van der Waals surface area contributed by atoms with Gasteiger partial charge in [-0.1, -0.05) is 36.4 Å². The van der Waals surface area contributed by atoms with Crippen LogP contribution in [0, 0.1) is 6.92 Å². The van der Waals surface area contributed by atoms with Crippen molar-refractivity contribution in [2.75, 3.05) is 23.8 Å². The minimum atomic E-state index is -0.378. The monoisotopic (exact) mass is 404 g/mol. The summed E-state index contributed by atoms with van der Waals surface area (Å²) >= 11 is 0. The maximum absolute atomic E-state index is 12.7. The van der Waals surface area contributed by atoms with E-state index < -0.39 is 0 Å². The van der Waals surface area contributed by atoms with Crippen molar-refractivity contribution < 1.29 is 19.1 Å². The molecule has 0 unspecified atom stereocenters. The number of anilines is 2. The van der Waals surface area contributed by atoms with Gasteiger partial charge in [0.2, 0.25) is 0 Å². The molecule has 0 spiro atoms. The third-order valence-corrected chi connectivity index (χ3v) is 4.23. The van der Waals surface area contributed by atoms with Gasteiger partial charge in [-0.15, -0.1) is 0 Å². The second-order valence-corrected chi connectivity index (χ2v) is 6.59. The molecule has 3 aromatic rings. The standard InChI is InChI=1S/C24H24N2O4/c1-3-29-21-13-6-7-14-22(21)30-16-23(27)26-20-12-5-4-11-19(20)24(28)25-18-10-8-9-17(2)15-18/h4-15H,3,16H2,1-2H3,(H,25,28)(H,26,27). The van der Waals surface area contributed by atoms with Gasteiger partial charge in [0.05, 0.1) is 17.9 Å². The van der Waals surface area contributed by atoms with Gasteiger partial charge in [0.25, 0.3) is 11.8 Å². The van der Waals surface area contributed by atoms with Gasteiger partial charge in [-0.3, -0.25) is 9.59 Å². The Balaban J connectivity index is 1.66. The van der Waals surface area contributed by atoms with Crippen LogP contribution in [0.15, 0.2) is 72.8 Å². The lowest BCUT2D eigenvalue weighted by Crippen LogP contribution is -2.23. The predicted octanol–water partition coefficient (Wildman–Crippen LogP) is 4.66. The van der Waals surface area contributed by atoms with Gasteiger partial charge in [0.1, 0.15) is 0 Å². The maximum Gasteiger partial charge on any atom is 0.262 e. The van der Waals surface area contributed by atoms with Crippen LogP contribution in [0.3, 0.4) is 0 Å². The summed E-state index contributed by atoms with van der Waals surface area (Å²) in [5, 5.41) is 5.60. The zero-order valence-corrected chi connectivity index (χ0v) is 17.0. The first kappa shape index (κ1) is 20.9. The summed E-state index contributed by atoms with van der Waals surface area (Å²) in [5.74, 6) is 0.377. The molecule has 0 atom stereocenters. The van der Waals surface area contributed by atoms with Crippen molar-refractivity contribution >= 4 is 23.2 Å². The molecule has 3 aromatic carbocycles. The Morgan fingerprint density at radius 1 is 0.833 bits per heavy atom. The molecule has 0 fully saturated rings. The molecular weight excluding hydrogens is 380 g/mol. The fourth-order valence-corrected chi connectivity index (χ4v) is 2.89. The number of hydrogen-bond donors (Lipinski definition) is 2. The minimum Gasteiger partial charge on any atom is -0.490 e. The van der Waals surface area contributed by atoms with Gasteiger partial charge in [-0.25, -0.2) is 0 Å². The van der Waals surface area contributed by atoms with Gasteiger partial charge in [0, 0.05) is 5.69 Å². The van der Waals surface area contributed by atoms with E-state index >= 15 is 0 Å². The lowest BCUT2D eigenvalue weighted by Gasteiger charge is -2.13. The van der Waals surface area contributed by atoms with Gasteiger partial charge in [-0.05, 0) is 55.8 Å². The van der Waals surface area contributed by atoms with E-state index in [-0.39, 0.29) is 18.4 Å². The summed E-state index contributed by atoms with van der Waals surface area (Å²) in [6, 6.07) is 21.5. The highest BCUT2D eigenvalue weighted by Gasteiger charge is 2.14. The molecule has 0 saturated heterocycles. The number of nitrogens with one attached hydrogen (secondary N) is 2. The lowest BCUT2D eigenvalue weighted by atomic mass is 10.1. The minimum absolute atomic E-state index is 0.210. The molecule has 154 valence electrons. The number of hydrogen-bond acceptors (Lipinski definition) is 4. The van der Waals surface area contributed by atoms with Crippen molar-refractivity contribution in [2.45, 2.75) is 13.8 Å². The fourth-order valence-electron chi connectivity index (χ4n) is 2.89. The van der Waals surface area contributed by atoms with Gasteiger partial charge in [0.15, 0.2) is 18.1 Å². The Labute approximate surface area is 175 Å². The number of carbonyl (C=O) groups is 2. The largest absolute Gasteiger partial charge is 0.490 e. The van der Waals surface area contributed by atoms with E-state index in [2.05, 4.69) is 10.6 Å². The number of ether oxygens (including phenoxy) is 2. The summed E-state index contributed by atoms with van der Waals surface area (Å²) in [5.41, 5.74) is 2.51. The van der Waals surface area contributed by atoms with Crippen molar-refractivity contribution in [3.8, 4) is 11.5 Å². The van der Waals surface area contributed by atoms with Crippen LogP contribution >= 0.6 is 0 Å². The highest BCUT2D eigenvalue weighted by atomic mass is 16.5. The molecule has 0 aliphatic carbocycles. The van der Waals surface area contributed by atoms with E-state index in [1.54, 1.807) is 42.5 Å². The van der Waals surface area contributed by atoms with Crippen LogP contribution in [0.2, 0.25) is 0 Å². The average molecular weight is 404 g/mol. The second-order valence-electron chi connectivity index (χ2n) is 6.59. The molecule has 0 heterocycles. The summed E-state index contributed by atoms with van der Waals surface area (Å²) in [6.45, 7) is 4.11. The molecule has 0 radical (unpaired) electrons. The maximum atomic E-state index is 12.7. The number of amides is 2. The zero-order chi connectivity index (χ0) is 21.3. The Morgan fingerprint density at radius 2 is 1.53 bits per heavy atom. The van der Waals surface area contributed by atoms with Crippen LogP contribution in [0.25, 0.3) is 0 Å². The van der Waals surface area contributed by atoms with E-state index in [0.29, 0.717) is 35.0 Å². The van der Waals surface area contributed by atoms with E-state index in [9.17, 15) is 9.59 Å². The summed E-state index contributed by atoms with van der Waals surface area (Å²) in [6.07, 6.45) is 0. The van der Waals surface area contributed by atoms with Crippen LogP contribution < -0.4 is 20.1 Å². The van der Waals surface area contributed by atoms with E-state index in [1.165, 1.54) is 0 Å². The fraction of sp³-hybridized carbons (Fsp3) is 0.167. The Kier molecular flexibility index (Phi) is 7.05. The number of para-hydroxylation sites is 3. The predicted molar refractivity (Wildman–Crippen MR) is 117 cm³/mol. The molecule has 0 aromatic heterocycles. The molecular formula is C24H24N2O4. The SMILES string of the molecule is CCOc1ccccc1OCC(=O)Nc1ccccc1C(=O)Nc1cccc(C)c1. The number of rotatable bonds is 8. The van der Waals surface area contributed by atoms with Gasteiger partial charge >= 0.3 is 0 Å². The first-order valence-electron chi connectivity index (χ1n) is 9.68. The van der Waals surface area contributed by atoms with Crippen LogP contribution in [0.1, 0.15) is 22.8 Å². The summed E-state index contributed by atoms with van der Waals surface area (Å²) in [7, 11) is 0. The number of aryl methyl sites for hydroxylation is 1. The van der Waals surface area contributed by atoms with Crippen molar-refractivity contribution in [3.05, 3.63) is 83.9 Å². The van der Waals surface area contributed by atoms with Crippen LogP contribution in [-0.4, -0.2) is 25.0 Å². The van der Waals surface area contributed by atoms with Crippen LogP contribution in [0.5, 0.6) is 11.5 Å². The van der Waals surface area contributed by atoms with Crippen molar-refractivity contribution in [1.29, 1.82) is 0 Å². The molecule has 3 rings (SSSR count). The van der Waals surface area contributed by atoms with E-state index in [0.717, 1.165) is 5.56 Å². The number of carbonyl (C=O) groups excluding carboxylic acids is 2. The quantitative estimate of drug-likeness (QED) is 0.572. The van der Waals surface area contributed by atoms with Crippen LogP contribution in [0.4, 0.5) is 11.4 Å². The van der Waals surface area contributed by atoms with Gasteiger partial charge in [-0.2, -0.15) is 0 Å². The first-order chi connectivity index (χ1) is 14.6. The summed E-state index contributed by atoms with van der Waals surface area (Å²) < 4.78 is 11.1. The van der Waals surface area contributed by atoms with E-state index in [1.807, 2.05) is 44.2 Å². The zero-order valence-electron chi connectivity index (χ0n) is 17.0. The molecule has 0 aliphatic heterocycles. The van der Waals surface area contributed by atoms with E-state index in [4.69, 9.17) is 9.47 Å². The molecule has 0 bridgehead atoms. The molecule has 30 heavy (non-hydrogen) atoms. The third-order valence-electron chi connectivity index (χ3n) is 4.23. The summed E-state index contributed by atoms with van der Waals surface area (Å²) in [4.78, 5) is 25.1. The number of benzene rings is 3. The van der Waals surface area contributed by atoms with Crippen molar-refractivity contribution in [1.82, 2.24) is 0 Å². The Bertz CT molecular complexity index is 1030. The highest BCUT2D eigenvalue weighted by molar-refractivity contribution is 6.10. The Hall–Kier alpha value is -3.80. The average Bonchev–Trinajstić information content (AvgIpc) is 2.74. The molecule has 0 aliphatic rings. The van der Waals surface area contributed by atoms with Crippen LogP contribution in [-0.2, 0) is 4.79 Å². The van der Waals surface area contributed by atoms with Crippen molar-refractivity contribution in [3.63, 3.8) is 0 Å². The smallest absolute Gasteiger partial charge is 0.262 e. The second kappa shape index (κ2) is 10.1. The Morgan fingerprint density at radius 3 is 2.27 bits per heavy atom. The molecule has 6 heteroatoms. The molecule has 6 nitrogen and oxygen atoms in total. The van der Waals surface area contributed by atoms with Crippen molar-refractivity contribution in [2.24, 2.45) is 0 Å². The molecule has 2 amide bonds.